The molecule has 0 saturated heterocycles. The minimum atomic E-state index is 0.309. The number of benzene rings is 1. The fraction of sp³-hybridized carbons (Fsp3) is 0.571. The Morgan fingerprint density at radius 3 is 2.76 bits per heavy atom. The van der Waals surface area contributed by atoms with Gasteiger partial charge < -0.3 is 15.2 Å². The maximum Gasteiger partial charge on any atom is 0.121 e. The molecule has 0 aliphatic heterocycles. The fourth-order valence-corrected chi connectivity index (χ4v) is 1.69. The summed E-state index contributed by atoms with van der Waals surface area (Å²) in [4.78, 5) is 0. The standard InChI is InChI=1S/C14H23NO2/c1-2-17-14-9-7-8-13(12-14)15-10-5-3-4-6-11-16/h7-9,12,15-16H,2-6,10-11H2,1H3. The van der Waals surface area contributed by atoms with Crippen LogP contribution in [-0.2, 0) is 0 Å². The molecule has 96 valence electrons. The molecule has 2 N–H and O–H groups in total. The molecule has 0 aliphatic rings. The van der Waals surface area contributed by atoms with Gasteiger partial charge in [-0.05, 0) is 31.9 Å². The van der Waals surface area contributed by atoms with Gasteiger partial charge in [-0.1, -0.05) is 18.9 Å². The second kappa shape index (κ2) is 8.88. The first kappa shape index (κ1) is 13.8. The summed E-state index contributed by atoms with van der Waals surface area (Å²) in [5.74, 6) is 0.915. The molecule has 1 aromatic rings. The molecular weight excluding hydrogens is 214 g/mol. The Morgan fingerprint density at radius 2 is 2.00 bits per heavy atom. The van der Waals surface area contributed by atoms with Gasteiger partial charge in [-0.3, -0.25) is 0 Å². The predicted molar refractivity (Wildman–Crippen MR) is 71.7 cm³/mol. The molecule has 0 heterocycles. The highest BCUT2D eigenvalue weighted by atomic mass is 16.5. The molecule has 1 rings (SSSR count). The molecule has 0 amide bonds. The van der Waals surface area contributed by atoms with Crippen LogP contribution in [0.25, 0.3) is 0 Å². The molecule has 0 bridgehead atoms. The molecule has 3 heteroatoms. The van der Waals surface area contributed by atoms with Crippen LogP contribution in [0.15, 0.2) is 24.3 Å². The Labute approximate surface area is 104 Å². The molecule has 0 aromatic heterocycles. The molecule has 0 radical (unpaired) electrons. The minimum Gasteiger partial charge on any atom is -0.494 e. The van der Waals surface area contributed by atoms with E-state index in [9.17, 15) is 0 Å². The van der Waals surface area contributed by atoms with Crippen molar-refractivity contribution in [2.45, 2.75) is 32.6 Å². The molecule has 0 atom stereocenters. The zero-order chi connectivity index (χ0) is 12.3. The third-order valence-corrected chi connectivity index (χ3v) is 2.56. The van der Waals surface area contributed by atoms with Crippen molar-refractivity contribution in [3.63, 3.8) is 0 Å². The number of anilines is 1. The first-order valence-corrected chi connectivity index (χ1v) is 6.44. The second-order valence-electron chi connectivity index (χ2n) is 4.03. The zero-order valence-corrected chi connectivity index (χ0v) is 10.6. The van der Waals surface area contributed by atoms with Crippen molar-refractivity contribution in [3.05, 3.63) is 24.3 Å². The van der Waals surface area contributed by atoms with E-state index in [1.54, 1.807) is 0 Å². The SMILES string of the molecule is CCOc1cccc(NCCCCCCO)c1. The summed E-state index contributed by atoms with van der Waals surface area (Å²) >= 11 is 0. The van der Waals surface area contributed by atoms with Gasteiger partial charge in [0.05, 0.1) is 6.61 Å². The quantitative estimate of drug-likeness (QED) is 0.649. The highest BCUT2D eigenvalue weighted by Crippen LogP contribution is 2.17. The maximum atomic E-state index is 8.65. The van der Waals surface area contributed by atoms with Crippen LogP contribution in [0.1, 0.15) is 32.6 Å². The van der Waals surface area contributed by atoms with Crippen LogP contribution in [0.5, 0.6) is 5.75 Å². The Balaban J connectivity index is 2.19. The van der Waals surface area contributed by atoms with Crippen LogP contribution >= 0.6 is 0 Å². The summed E-state index contributed by atoms with van der Waals surface area (Å²) in [6, 6.07) is 8.04. The summed E-state index contributed by atoms with van der Waals surface area (Å²) in [7, 11) is 0. The van der Waals surface area contributed by atoms with Crippen molar-refractivity contribution >= 4 is 5.69 Å². The maximum absolute atomic E-state index is 8.65. The monoisotopic (exact) mass is 237 g/mol. The number of nitrogens with one attached hydrogen (secondary N) is 1. The number of aliphatic hydroxyl groups excluding tert-OH is 1. The van der Waals surface area contributed by atoms with Crippen LogP contribution in [0.4, 0.5) is 5.69 Å². The van der Waals surface area contributed by atoms with Crippen LogP contribution in [0.2, 0.25) is 0 Å². The van der Waals surface area contributed by atoms with Gasteiger partial charge in [0, 0.05) is 24.9 Å². The van der Waals surface area contributed by atoms with Gasteiger partial charge in [0.25, 0.3) is 0 Å². The van der Waals surface area contributed by atoms with Gasteiger partial charge in [0.2, 0.25) is 0 Å². The number of hydrogen-bond donors (Lipinski definition) is 2. The first-order valence-electron chi connectivity index (χ1n) is 6.44. The van der Waals surface area contributed by atoms with E-state index in [2.05, 4.69) is 11.4 Å². The lowest BCUT2D eigenvalue weighted by atomic mass is 10.2. The number of rotatable bonds is 9. The van der Waals surface area contributed by atoms with Crippen molar-refractivity contribution < 1.29 is 9.84 Å². The van der Waals surface area contributed by atoms with Gasteiger partial charge in [-0.15, -0.1) is 0 Å². The van der Waals surface area contributed by atoms with Crippen molar-refractivity contribution in [2.24, 2.45) is 0 Å². The first-order chi connectivity index (χ1) is 8.36. The molecule has 0 spiro atoms. The van der Waals surface area contributed by atoms with Gasteiger partial charge in [-0.2, -0.15) is 0 Å². The summed E-state index contributed by atoms with van der Waals surface area (Å²) in [5, 5.41) is 12.0. The lowest BCUT2D eigenvalue weighted by Gasteiger charge is -2.08. The van der Waals surface area contributed by atoms with E-state index in [1.165, 1.54) is 6.42 Å². The number of aliphatic hydroxyl groups is 1. The zero-order valence-electron chi connectivity index (χ0n) is 10.6. The van der Waals surface area contributed by atoms with E-state index in [0.29, 0.717) is 13.2 Å². The average Bonchev–Trinajstić information content (AvgIpc) is 2.35. The number of hydrogen-bond acceptors (Lipinski definition) is 3. The van der Waals surface area contributed by atoms with Crippen LogP contribution in [-0.4, -0.2) is 24.9 Å². The van der Waals surface area contributed by atoms with Crippen molar-refractivity contribution in [1.82, 2.24) is 0 Å². The normalized spacial score (nSPS) is 10.2. The molecule has 0 saturated carbocycles. The Kier molecular flexibility index (Phi) is 7.23. The smallest absolute Gasteiger partial charge is 0.121 e. The van der Waals surface area contributed by atoms with E-state index >= 15 is 0 Å². The van der Waals surface area contributed by atoms with Crippen molar-refractivity contribution in [3.8, 4) is 5.75 Å². The lowest BCUT2D eigenvalue weighted by Crippen LogP contribution is -2.02. The number of unbranched alkanes of at least 4 members (excludes halogenated alkanes) is 3. The van der Waals surface area contributed by atoms with E-state index in [-0.39, 0.29) is 0 Å². The van der Waals surface area contributed by atoms with Gasteiger partial charge in [0.15, 0.2) is 0 Å². The van der Waals surface area contributed by atoms with Gasteiger partial charge in [-0.25, -0.2) is 0 Å². The Morgan fingerprint density at radius 1 is 1.18 bits per heavy atom. The minimum absolute atomic E-state index is 0.309. The fourth-order valence-electron chi connectivity index (χ4n) is 1.69. The molecular formula is C14H23NO2. The molecule has 0 aliphatic carbocycles. The summed E-state index contributed by atoms with van der Waals surface area (Å²) in [5.41, 5.74) is 1.11. The van der Waals surface area contributed by atoms with Crippen LogP contribution in [0.3, 0.4) is 0 Å². The highest BCUT2D eigenvalue weighted by Gasteiger charge is 1.95. The molecule has 17 heavy (non-hydrogen) atoms. The average molecular weight is 237 g/mol. The predicted octanol–water partition coefficient (Wildman–Crippen LogP) is 3.05. The van der Waals surface area contributed by atoms with E-state index in [4.69, 9.17) is 9.84 Å². The van der Waals surface area contributed by atoms with Crippen molar-refractivity contribution in [2.75, 3.05) is 25.1 Å². The van der Waals surface area contributed by atoms with Crippen LogP contribution in [0, 0.1) is 0 Å². The molecule has 1 aromatic carbocycles. The summed E-state index contributed by atoms with van der Waals surface area (Å²) < 4.78 is 5.44. The third kappa shape index (κ3) is 6.17. The lowest BCUT2D eigenvalue weighted by molar-refractivity contribution is 0.283. The molecule has 0 fully saturated rings. The third-order valence-electron chi connectivity index (χ3n) is 2.56. The highest BCUT2D eigenvalue weighted by molar-refractivity contribution is 5.48. The summed E-state index contributed by atoms with van der Waals surface area (Å²) in [6.07, 6.45) is 4.33. The van der Waals surface area contributed by atoms with E-state index in [1.807, 2.05) is 25.1 Å². The summed E-state index contributed by atoms with van der Waals surface area (Å²) in [6.45, 7) is 3.97. The van der Waals surface area contributed by atoms with E-state index < -0.39 is 0 Å². The number of ether oxygens (including phenoxy) is 1. The largest absolute Gasteiger partial charge is 0.494 e. The second-order valence-corrected chi connectivity index (χ2v) is 4.03. The van der Waals surface area contributed by atoms with Crippen LogP contribution < -0.4 is 10.1 Å². The van der Waals surface area contributed by atoms with Gasteiger partial charge in [0.1, 0.15) is 5.75 Å². The Bertz CT molecular complexity index is 302. The van der Waals surface area contributed by atoms with E-state index in [0.717, 1.165) is 37.2 Å². The molecule has 0 unspecified atom stereocenters. The molecule has 3 nitrogen and oxygen atoms in total. The topological polar surface area (TPSA) is 41.5 Å². The van der Waals surface area contributed by atoms with Crippen molar-refractivity contribution in [1.29, 1.82) is 0 Å². The van der Waals surface area contributed by atoms with Gasteiger partial charge >= 0.3 is 0 Å². The Hall–Kier alpha value is -1.22.